The number of H-pyrrole nitrogens is 1. The second kappa shape index (κ2) is 8.78. The highest BCUT2D eigenvalue weighted by molar-refractivity contribution is 5.72. The van der Waals surface area contributed by atoms with Gasteiger partial charge in [0.05, 0.1) is 7.11 Å². The molecule has 3 aromatic rings. The van der Waals surface area contributed by atoms with Crippen LogP contribution in [-0.4, -0.2) is 25.3 Å². The Morgan fingerprint density at radius 1 is 1.00 bits per heavy atom. The van der Waals surface area contributed by atoms with Crippen molar-refractivity contribution >= 4 is 0 Å². The van der Waals surface area contributed by atoms with E-state index in [0.29, 0.717) is 41.5 Å². The molecule has 28 heavy (non-hydrogen) atoms. The third kappa shape index (κ3) is 4.33. The largest absolute Gasteiger partial charge is 0.493 e. The van der Waals surface area contributed by atoms with E-state index in [1.54, 1.807) is 38.3 Å². The molecule has 6 nitrogen and oxygen atoms in total. The lowest BCUT2D eigenvalue weighted by molar-refractivity contribution is 0.211. The molecule has 1 N–H and O–H groups in total. The molecule has 0 unspecified atom stereocenters. The van der Waals surface area contributed by atoms with Gasteiger partial charge in [0.1, 0.15) is 30.6 Å². The van der Waals surface area contributed by atoms with Crippen LogP contribution in [0.1, 0.15) is 11.3 Å². The van der Waals surface area contributed by atoms with Crippen LogP contribution in [0.15, 0.2) is 59.4 Å². The number of para-hydroxylation sites is 1. The Morgan fingerprint density at radius 3 is 2.46 bits per heavy atom. The second-order valence-electron chi connectivity index (χ2n) is 6.06. The molecule has 1 heterocycles. The van der Waals surface area contributed by atoms with Crippen LogP contribution < -0.4 is 19.8 Å². The first kappa shape index (κ1) is 19.1. The number of pyridine rings is 1. The van der Waals surface area contributed by atoms with Gasteiger partial charge in [0.15, 0.2) is 11.5 Å². The van der Waals surface area contributed by atoms with E-state index in [-0.39, 0.29) is 5.56 Å². The van der Waals surface area contributed by atoms with E-state index in [9.17, 15) is 10.1 Å². The first-order valence-electron chi connectivity index (χ1n) is 8.75. The smallest absolute Gasteiger partial charge is 0.266 e. The number of methoxy groups -OCH3 is 1. The molecule has 0 fully saturated rings. The summed E-state index contributed by atoms with van der Waals surface area (Å²) in [5.41, 5.74) is 1.60. The molecule has 0 amide bonds. The number of nitrogens with zero attached hydrogens (tertiary/aromatic N) is 1. The molecular weight excluding hydrogens is 356 g/mol. The van der Waals surface area contributed by atoms with Crippen LogP contribution in [0, 0.1) is 18.3 Å². The fourth-order valence-electron chi connectivity index (χ4n) is 2.81. The summed E-state index contributed by atoms with van der Waals surface area (Å²) in [5, 5.41) is 9.33. The van der Waals surface area contributed by atoms with E-state index in [0.717, 1.165) is 5.75 Å². The van der Waals surface area contributed by atoms with Crippen LogP contribution >= 0.6 is 0 Å². The molecular formula is C22H20N2O4. The van der Waals surface area contributed by atoms with Gasteiger partial charge in [-0.25, -0.2) is 0 Å². The minimum Gasteiger partial charge on any atom is -0.493 e. The molecule has 142 valence electrons. The summed E-state index contributed by atoms with van der Waals surface area (Å²) in [6, 6.07) is 18.5. The Morgan fingerprint density at radius 2 is 1.75 bits per heavy atom. The SMILES string of the molecule is COc1cc(-c2cc(C)[nH]c(=O)c2C#N)ccc1OCCOc1ccccc1. The van der Waals surface area contributed by atoms with Crippen molar-refractivity contribution in [3.8, 4) is 34.4 Å². The average Bonchev–Trinajstić information content (AvgIpc) is 2.71. The quantitative estimate of drug-likeness (QED) is 0.636. The second-order valence-corrected chi connectivity index (χ2v) is 6.06. The van der Waals surface area contributed by atoms with Gasteiger partial charge >= 0.3 is 0 Å². The monoisotopic (exact) mass is 376 g/mol. The zero-order valence-electron chi connectivity index (χ0n) is 15.7. The van der Waals surface area contributed by atoms with Crippen molar-refractivity contribution in [1.82, 2.24) is 4.98 Å². The maximum atomic E-state index is 12.0. The van der Waals surface area contributed by atoms with Crippen molar-refractivity contribution < 1.29 is 14.2 Å². The Bertz CT molecular complexity index is 1050. The highest BCUT2D eigenvalue weighted by Crippen LogP contribution is 2.33. The number of rotatable bonds is 7. The Balaban J connectivity index is 1.76. The minimum atomic E-state index is -0.408. The van der Waals surface area contributed by atoms with Crippen LogP contribution in [0.4, 0.5) is 0 Å². The Labute approximate surface area is 162 Å². The number of hydrogen-bond donors (Lipinski definition) is 1. The summed E-state index contributed by atoms with van der Waals surface area (Å²) in [6.45, 7) is 2.51. The summed E-state index contributed by atoms with van der Waals surface area (Å²) >= 11 is 0. The number of aromatic nitrogens is 1. The van der Waals surface area contributed by atoms with Gasteiger partial charge in [0, 0.05) is 11.3 Å². The van der Waals surface area contributed by atoms with E-state index < -0.39 is 5.56 Å². The van der Waals surface area contributed by atoms with E-state index in [2.05, 4.69) is 4.98 Å². The molecule has 0 aliphatic carbocycles. The van der Waals surface area contributed by atoms with Crippen molar-refractivity contribution in [2.75, 3.05) is 20.3 Å². The van der Waals surface area contributed by atoms with E-state index >= 15 is 0 Å². The lowest BCUT2D eigenvalue weighted by Gasteiger charge is -2.13. The number of aromatic amines is 1. The zero-order chi connectivity index (χ0) is 19.9. The molecule has 1 aromatic heterocycles. The molecule has 0 bridgehead atoms. The van der Waals surface area contributed by atoms with Gasteiger partial charge in [-0.05, 0) is 42.8 Å². The predicted molar refractivity (Wildman–Crippen MR) is 106 cm³/mol. The predicted octanol–water partition coefficient (Wildman–Crippen LogP) is 3.69. The molecule has 2 aromatic carbocycles. The Kier molecular flexibility index (Phi) is 5.97. The first-order chi connectivity index (χ1) is 13.6. The fraction of sp³-hybridized carbons (Fsp3) is 0.182. The van der Waals surface area contributed by atoms with E-state index in [1.807, 2.05) is 36.4 Å². The molecule has 0 radical (unpaired) electrons. The van der Waals surface area contributed by atoms with Crippen LogP contribution in [0.25, 0.3) is 11.1 Å². The number of benzene rings is 2. The van der Waals surface area contributed by atoms with Gasteiger partial charge in [-0.2, -0.15) is 5.26 Å². The zero-order valence-corrected chi connectivity index (χ0v) is 15.7. The van der Waals surface area contributed by atoms with Crippen molar-refractivity contribution in [2.45, 2.75) is 6.92 Å². The number of nitriles is 1. The fourth-order valence-corrected chi connectivity index (χ4v) is 2.81. The van der Waals surface area contributed by atoms with Gasteiger partial charge in [-0.15, -0.1) is 0 Å². The van der Waals surface area contributed by atoms with Crippen molar-refractivity contribution in [1.29, 1.82) is 5.26 Å². The highest BCUT2D eigenvalue weighted by atomic mass is 16.5. The van der Waals surface area contributed by atoms with Crippen LogP contribution in [0.2, 0.25) is 0 Å². The maximum absolute atomic E-state index is 12.0. The Hall–Kier alpha value is -3.72. The summed E-state index contributed by atoms with van der Waals surface area (Å²) < 4.78 is 16.8. The molecule has 0 atom stereocenters. The third-order valence-corrected chi connectivity index (χ3v) is 4.11. The van der Waals surface area contributed by atoms with Gasteiger partial charge < -0.3 is 19.2 Å². The third-order valence-electron chi connectivity index (χ3n) is 4.11. The van der Waals surface area contributed by atoms with Gasteiger partial charge in [0.25, 0.3) is 5.56 Å². The van der Waals surface area contributed by atoms with Gasteiger partial charge in [-0.3, -0.25) is 4.79 Å². The summed E-state index contributed by atoms with van der Waals surface area (Å²) in [7, 11) is 1.54. The highest BCUT2D eigenvalue weighted by Gasteiger charge is 2.13. The minimum absolute atomic E-state index is 0.0672. The number of hydrogen-bond acceptors (Lipinski definition) is 5. The first-order valence-corrected chi connectivity index (χ1v) is 8.75. The van der Waals surface area contributed by atoms with E-state index in [1.165, 1.54) is 0 Å². The lowest BCUT2D eigenvalue weighted by atomic mass is 10.0. The summed E-state index contributed by atoms with van der Waals surface area (Å²) in [5.74, 6) is 1.85. The molecule has 6 heteroatoms. The number of ether oxygens (including phenoxy) is 3. The van der Waals surface area contributed by atoms with Crippen LogP contribution in [0.3, 0.4) is 0 Å². The molecule has 3 rings (SSSR count). The van der Waals surface area contributed by atoms with Gasteiger partial charge in [-0.1, -0.05) is 24.3 Å². The van der Waals surface area contributed by atoms with Crippen molar-refractivity contribution in [2.24, 2.45) is 0 Å². The lowest BCUT2D eigenvalue weighted by Crippen LogP contribution is -2.13. The topological polar surface area (TPSA) is 84.3 Å². The normalized spacial score (nSPS) is 10.2. The maximum Gasteiger partial charge on any atom is 0.266 e. The summed E-state index contributed by atoms with van der Waals surface area (Å²) in [4.78, 5) is 14.7. The van der Waals surface area contributed by atoms with Crippen LogP contribution in [0.5, 0.6) is 17.2 Å². The number of aryl methyl sites for hydroxylation is 1. The van der Waals surface area contributed by atoms with Crippen molar-refractivity contribution in [3.63, 3.8) is 0 Å². The molecule has 0 aliphatic heterocycles. The summed E-state index contributed by atoms with van der Waals surface area (Å²) in [6.07, 6.45) is 0. The molecule has 0 saturated carbocycles. The molecule has 0 saturated heterocycles. The van der Waals surface area contributed by atoms with E-state index in [4.69, 9.17) is 14.2 Å². The standard InChI is InChI=1S/C22H20N2O4/c1-15-12-18(19(14-23)22(25)24-15)16-8-9-20(21(13-16)26-2)28-11-10-27-17-6-4-3-5-7-17/h3-9,12-13H,10-11H2,1-2H3,(H,24,25). The van der Waals surface area contributed by atoms with Gasteiger partial charge in [0.2, 0.25) is 0 Å². The van der Waals surface area contributed by atoms with Crippen molar-refractivity contribution in [3.05, 3.63) is 76.2 Å². The number of nitrogens with one attached hydrogen (secondary N) is 1. The van der Waals surface area contributed by atoms with Crippen LogP contribution in [-0.2, 0) is 0 Å². The molecule has 0 aliphatic rings. The molecule has 0 spiro atoms. The average molecular weight is 376 g/mol.